The van der Waals surface area contributed by atoms with Gasteiger partial charge in [-0.25, -0.2) is 4.98 Å². The molecule has 0 aliphatic heterocycles. The molecule has 0 saturated carbocycles. The lowest BCUT2D eigenvalue weighted by Crippen LogP contribution is -2.15. The lowest BCUT2D eigenvalue weighted by molar-refractivity contribution is -0.115. The largest absolute Gasteiger partial charge is 0.323 e. The maximum atomic E-state index is 12.2. The molecule has 0 unspecified atom stereocenters. The van der Waals surface area contributed by atoms with Gasteiger partial charge in [0.05, 0.1) is 17.8 Å². The van der Waals surface area contributed by atoms with E-state index in [1.807, 2.05) is 67.0 Å². The van der Waals surface area contributed by atoms with E-state index in [4.69, 9.17) is 0 Å². The van der Waals surface area contributed by atoms with Crippen LogP contribution in [0.1, 0.15) is 16.8 Å². The van der Waals surface area contributed by atoms with Crippen molar-refractivity contribution in [2.45, 2.75) is 20.3 Å². The SMILES string of the molecule is Cc1cn2cccc(NC(=O)Cc3ccccc3C)c2n1. The van der Waals surface area contributed by atoms with Crippen LogP contribution in [0, 0.1) is 13.8 Å². The third-order valence-corrected chi connectivity index (χ3v) is 3.49. The van der Waals surface area contributed by atoms with Crippen molar-refractivity contribution in [3.63, 3.8) is 0 Å². The summed E-state index contributed by atoms with van der Waals surface area (Å²) in [5.74, 6) is -0.0296. The van der Waals surface area contributed by atoms with Crippen LogP contribution < -0.4 is 5.32 Å². The molecule has 21 heavy (non-hydrogen) atoms. The molecule has 4 nitrogen and oxygen atoms in total. The van der Waals surface area contributed by atoms with Crippen LogP contribution in [-0.4, -0.2) is 15.3 Å². The van der Waals surface area contributed by atoms with Gasteiger partial charge in [0.25, 0.3) is 0 Å². The molecule has 2 aromatic heterocycles. The summed E-state index contributed by atoms with van der Waals surface area (Å²) in [5.41, 5.74) is 4.61. The number of amides is 1. The summed E-state index contributed by atoms with van der Waals surface area (Å²) < 4.78 is 1.92. The molecule has 1 aromatic carbocycles. The monoisotopic (exact) mass is 279 g/mol. The Balaban J connectivity index is 1.82. The third-order valence-electron chi connectivity index (χ3n) is 3.49. The Morgan fingerprint density at radius 1 is 1.19 bits per heavy atom. The molecule has 1 N–H and O–H groups in total. The second-order valence-electron chi connectivity index (χ2n) is 5.19. The molecule has 0 aliphatic rings. The van der Waals surface area contributed by atoms with Crippen LogP contribution in [0.2, 0.25) is 0 Å². The number of anilines is 1. The summed E-state index contributed by atoms with van der Waals surface area (Å²) in [6, 6.07) is 11.7. The van der Waals surface area contributed by atoms with Crippen molar-refractivity contribution in [2.75, 3.05) is 5.32 Å². The number of aryl methyl sites for hydroxylation is 2. The molecule has 2 heterocycles. The molecule has 0 aliphatic carbocycles. The van der Waals surface area contributed by atoms with Gasteiger partial charge in [0.2, 0.25) is 5.91 Å². The van der Waals surface area contributed by atoms with E-state index in [1.165, 1.54) is 0 Å². The lowest BCUT2D eigenvalue weighted by atomic mass is 10.1. The second-order valence-corrected chi connectivity index (χ2v) is 5.19. The zero-order chi connectivity index (χ0) is 14.8. The minimum Gasteiger partial charge on any atom is -0.323 e. The third kappa shape index (κ3) is 2.79. The topological polar surface area (TPSA) is 46.4 Å². The minimum atomic E-state index is -0.0296. The molecular weight excluding hydrogens is 262 g/mol. The fourth-order valence-electron chi connectivity index (χ4n) is 2.41. The fraction of sp³-hybridized carbons (Fsp3) is 0.176. The van der Waals surface area contributed by atoms with Crippen molar-refractivity contribution in [2.24, 2.45) is 0 Å². The summed E-state index contributed by atoms with van der Waals surface area (Å²) in [5, 5.41) is 2.95. The van der Waals surface area contributed by atoms with Gasteiger partial charge in [-0.3, -0.25) is 4.79 Å². The summed E-state index contributed by atoms with van der Waals surface area (Å²) in [6.07, 6.45) is 4.23. The highest BCUT2D eigenvalue weighted by molar-refractivity contribution is 5.95. The van der Waals surface area contributed by atoms with Crippen molar-refractivity contribution in [1.82, 2.24) is 9.38 Å². The number of carbonyl (C=O) groups is 1. The highest BCUT2D eigenvalue weighted by atomic mass is 16.1. The van der Waals surface area contributed by atoms with Crippen molar-refractivity contribution < 1.29 is 4.79 Å². The van der Waals surface area contributed by atoms with Gasteiger partial charge in [0, 0.05) is 12.4 Å². The number of hydrogen-bond donors (Lipinski definition) is 1. The van der Waals surface area contributed by atoms with Crippen LogP contribution in [0.25, 0.3) is 5.65 Å². The number of hydrogen-bond acceptors (Lipinski definition) is 2. The quantitative estimate of drug-likeness (QED) is 0.800. The van der Waals surface area contributed by atoms with Gasteiger partial charge >= 0.3 is 0 Å². The number of aromatic nitrogens is 2. The van der Waals surface area contributed by atoms with Crippen LogP contribution in [0.3, 0.4) is 0 Å². The first-order valence-corrected chi connectivity index (χ1v) is 6.92. The number of fused-ring (bicyclic) bond motifs is 1. The van der Waals surface area contributed by atoms with E-state index in [-0.39, 0.29) is 5.91 Å². The predicted octanol–water partition coefficient (Wildman–Crippen LogP) is 3.13. The first kappa shape index (κ1) is 13.4. The van der Waals surface area contributed by atoms with E-state index in [2.05, 4.69) is 10.3 Å². The number of carbonyl (C=O) groups excluding carboxylic acids is 1. The van der Waals surface area contributed by atoms with Crippen LogP contribution in [0.4, 0.5) is 5.69 Å². The highest BCUT2D eigenvalue weighted by Gasteiger charge is 2.09. The predicted molar refractivity (Wildman–Crippen MR) is 83.4 cm³/mol. The Bertz CT molecular complexity index is 805. The molecule has 106 valence electrons. The zero-order valence-corrected chi connectivity index (χ0v) is 12.1. The van der Waals surface area contributed by atoms with Crippen molar-refractivity contribution in [3.8, 4) is 0 Å². The fourth-order valence-corrected chi connectivity index (χ4v) is 2.41. The van der Waals surface area contributed by atoms with Gasteiger partial charge in [0.15, 0.2) is 5.65 Å². The Kier molecular flexibility index (Phi) is 3.44. The summed E-state index contributed by atoms with van der Waals surface area (Å²) in [6.45, 7) is 3.95. The number of benzene rings is 1. The van der Waals surface area contributed by atoms with Crippen molar-refractivity contribution in [3.05, 3.63) is 65.6 Å². The smallest absolute Gasteiger partial charge is 0.228 e. The Labute approximate surface area is 123 Å². The number of imidazole rings is 1. The molecule has 4 heteroatoms. The molecule has 1 amide bonds. The molecule has 3 rings (SSSR count). The standard InChI is InChI=1S/C17H17N3O/c1-12-6-3-4-7-14(12)10-16(21)19-15-8-5-9-20-11-13(2)18-17(15)20/h3-9,11H,10H2,1-2H3,(H,19,21). The van der Waals surface area contributed by atoms with Gasteiger partial charge in [-0.2, -0.15) is 0 Å². The Morgan fingerprint density at radius 3 is 2.81 bits per heavy atom. The first-order chi connectivity index (χ1) is 10.1. The van der Waals surface area contributed by atoms with E-state index in [9.17, 15) is 4.79 Å². The normalized spacial score (nSPS) is 10.8. The van der Waals surface area contributed by atoms with E-state index in [0.29, 0.717) is 6.42 Å². The average molecular weight is 279 g/mol. The average Bonchev–Trinajstić information content (AvgIpc) is 2.83. The highest BCUT2D eigenvalue weighted by Crippen LogP contribution is 2.17. The van der Waals surface area contributed by atoms with Crippen LogP contribution in [-0.2, 0) is 11.2 Å². The zero-order valence-electron chi connectivity index (χ0n) is 12.1. The van der Waals surface area contributed by atoms with Gasteiger partial charge in [0.1, 0.15) is 0 Å². The lowest BCUT2D eigenvalue weighted by Gasteiger charge is -2.08. The summed E-state index contributed by atoms with van der Waals surface area (Å²) in [4.78, 5) is 16.7. The van der Waals surface area contributed by atoms with Crippen molar-refractivity contribution >= 4 is 17.2 Å². The maximum Gasteiger partial charge on any atom is 0.228 e. The molecule has 0 atom stereocenters. The second kappa shape index (κ2) is 5.40. The molecule has 3 aromatic rings. The van der Waals surface area contributed by atoms with Gasteiger partial charge in [-0.15, -0.1) is 0 Å². The first-order valence-electron chi connectivity index (χ1n) is 6.92. The van der Waals surface area contributed by atoms with E-state index >= 15 is 0 Å². The molecule has 0 radical (unpaired) electrons. The van der Waals surface area contributed by atoms with Crippen LogP contribution in [0.15, 0.2) is 48.8 Å². The Hall–Kier alpha value is -2.62. The van der Waals surface area contributed by atoms with E-state index in [1.54, 1.807) is 0 Å². The van der Waals surface area contributed by atoms with E-state index < -0.39 is 0 Å². The maximum absolute atomic E-state index is 12.2. The number of rotatable bonds is 3. The van der Waals surface area contributed by atoms with E-state index in [0.717, 1.165) is 28.2 Å². The Morgan fingerprint density at radius 2 is 2.00 bits per heavy atom. The number of pyridine rings is 1. The van der Waals surface area contributed by atoms with Gasteiger partial charge in [-0.05, 0) is 37.1 Å². The summed E-state index contributed by atoms with van der Waals surface area (Å²) in [7, 11) is 0. The van der Waals surface area contributed by atoms with Crippen LogP contribution >= 0.6 is 0 Å². The van der Waals surface area contributed by atoms with Crippen molar-refractivity contribution in [1.29, 1.82) is 0 Å². The van der Waals surface area contributed by atoms with Crippen LogP contribution in [0.5, 0.6) is 0 Å². The molecule has 0 bridgehead atoms. The molecule has 0 fully saturated rings. The number of nitrogens with one attached hydrogen (secondary N) is 1. The minimum absolute atomic E-state index is 0.0296. The molecular formula is C17H17N3O. The number of nitrogens with zero attached hydrogens (tertiary/aromatic N) is 2. The molecule has 0 saturated heterocycles. The van der Waals surface area contributed by atoms with Gasteiger partial charge < -0.3 is 9.72 Å². The molecule has 0 spiro atoms. The van der Waals surface area contributed by atoms with Gasteiger partial charge in [-0.1, -0.05) is 24.3 Å². The summed E-state index contributed by atoms with van der Waals surface area (Å²) >= 11 is 0.